The van der Waals surface area contributed by atoms with Crippen molar-refractivity contribution in [3.8, 4) is 0 Å². The van der Waals surface area contributed by atoms with Crippen LogP contribution in [0.4, 0.5) is 10.1 Å². The predicted octanol–water partition coefficient (Wildman–Crippen LogP) is 4.43. The number of halogens is 1. The SMILES string of the molecule is CCc1ccc2c3c1cc(C(=O)N[C@@H](Cc1cccc(F)c1)[C@H](O)CNC1CC1)n3C(C)CSN2. The van der Waals surface area contributed by atoms with Crippen molar-refractivity contribution in [1.82, 2.24) is 15.2 Å². The van der Waals surface area contributed by atoms with Crippen molar-refractivity contribution in [2.45, 2.75) is 63.8 Å². The van der Waals surface area contributed by atoms with Crippen LogP contribution in [0.1, 0.15) is 54.3 Å². The van der Waals surface area contributed by atoms with Gasteiger partial charge in [-0.25, -0.2) is 4.39 Å². The van der Waals surface area contributed by atoms with Gasteiger partial charge in [0, 0.05) is 29.8 Å². The molecule has 1 fully saturated rings. The number of aliphatic hydroxyl groups is 1. The average molecular weight is 497 g/mol. The van der Waals surface area contributed by atoms with Crippen molar-refractivity contribution in [3.63, 3.8) is 0 Å². The summed E-state index contributed by atoms with van der Waals surface area (Å²) in [7, 11) is 0. The van der Waals surface area contributed by atoms with Crippen LogP contribution < -0.4 is 15.4 Å². The number of aryl methyl sites for hydroxylation is 1. The third-order valence-electron chi connectivity index (χ3n) is 6.97. The van der Waals surface area contributed by atoms with Crippen molar-refractivity contribution < 1.29 is 14.3 Å². The first kappa shape index (κ1) is 24.2. The number of rotatable bonds is 9. The smallest absolute Gasteiger partial charge is 0.268 e. The molecule has 1 aromatic heterocycles. The summed E-state index contributed by atoms with van der Waals surface area (Å²) >= 11 is 1.64. The number of benzene rings is 2. The quantitative estimate of drug-likeness (QED) is 0.330. The molecule has 5 rings (SSSR count). The van der Waals surface area contributed by atoms with Gasteiger partial charge in [-0.2, -0.15) is 0 Å². The first-order chi connectivity index (χ1) is 16.9. The molecule has 6 nitrogen and oxygen atoms in total. The number of hydrogen-bond acceptors (Lipinski definition) is 5. The van der Waals surface area contributed by atoms with E-state index in [0.29, 0.717) is 24.7 Å². The van der Waals surface area contributed by atoms with Gasteiger partial charge < -0.3 is 25.0 Å². The molecule has 3 aromatic rings. The van der Waals surface area contributed by atoms with Crippen molar-refractivity contribution in [2.24, 2.45) is 0 Å². The lowest BCUT2D eigenvalue weighted by Crippen LogP contribution is -2.49. The number of carbonyl (C=O) groups excluding carboxylic acids is 1. The molecule has 0 bridgehead atoms. The number of anilines is 1. The molecule has 2 heterocycles. The molecular weight excluding hydrogens is 463 g/mol. The van der Waals surface area contributed by atoms with E-state index in [0.717, 1.165) is 47.2 Å². The average Bonchev–Trinajstić information content (AvgIpc) is 3.61. The van der Waals surface area contributed by atoms with Crippen LogP contribution in [0.25, 0.3) is 10.9 Å². The molecule has 186 valence electrons. The summed E-state index contributed by atoms with van der Waals surface area (Å²) in [6.07, 6.45) is 2.64. The summed E-state index contributed by atoms with van der Waals surface area (Å²) in [4.78, 5) is 13.7. The topological polar surface area (TPSA) is 78.3 Å². The van der Waals surface area contributed by atoms with E-state index < -0.39 is 12.1 Å². The summed E-state index contributed by atoms with van der Waals surface area (Å²) < 4.78 is 19.4. The van der Waals surface area contributed by atoms with Gasteiger partial charge in [0.2, 0.25) is 0 Å². The number of nitrogens with zero attached hydrogens (tertiary/aromatic N) is 1. The molecule has 1 aliphatic carbocycles. The van der Waals surface area contributed by atoms with Gasteiger partial charge >= 0.3 is 0 Å². The van der Waals surface area contributed by atoms with Gasteiger partial charge in [-0.05, 0) is 68.0 Å². The number of amides is 1. The Kier molecular flexibility index (Phi) is 7.05. The van der Waals surface area contributed by atoms with Crippen LogP contribution in [0, 0.1) is 5.82 Å². The number of nitrogens with one attached hydrogen (secondary N) is 3. The lowest BCUT2D eigenvalue weighted by Gasteiger charge is -2.26. The number of aromatic nitrogens is 1. The molecule has 1 unspecified atom stereocenters. The number of hydrogen-bond donors (Lipinski definition) is 4. The third-order valence-corrected chi connectivity index (χ3v) is 7.98. The molecule has 1 saturated carbocycles. The van der Waals surface area contributed by atoms with Crippen LogP contribution in [-0.4, -0.2) is 46.1 Å². The van der Waals surface area contributed by atoms with E-state index in [4.69, 9.17) is 0 Å². The van der Waals surface area contributed by atoms with Crippen molar-refractivity contribution >= 4 is 34.4 Å². The predicted molar refractivity (Wildman–Crippen MR) is 140 cm³/mol. The standard InChI is InChI=1S/C27H33FN4O2S/c1-3-18-7-10-22-26-21(18)13-24(32(26)16(2)15-35-31-22)27(34)30-23(25(33)14-29-20-8-9-20)12-17-5-4-6-19(28)11-17/h4-7,10-11,13,16,20,23,25,29,31,33H,3,8-9,12,14-15H2,1-2H3,(H,30,34)/t16?,23-,25+/m0/s1. The molecule has 0 saturated heterocycles. The van der Waals surface area contributed by atoms with Gasteiger partial charge in [0.25, 0.3) is 5.91 Å². The minimum atomic E-state index is -0.798. The normalized spacial score (nSPS) is 19.1. The van der Waals surface area contributed by atoms with E-state index in [1.807, 2.05) is 12.1 Å². The molecule has 0 radical (unpaired) electrons. The summed E-state index contributed by atoms with van der Waals surface area (Å²) in [5.41, 5.74) is 4.58. The molecule has 35 heavy (non-hydrogen) atoms. The van der Waals surface area contributed by atoms with Gasteiger partial charge in [0.1, 0.15) is 11.5 Å². The van der Waals surface area contributed by atoms with Gasteiger partial charge in [-0.3, -0.25) is 4.79 Å². The van der Waals surface area contributed by atoms with E-state index >= 15 is 0 Å². The van der Waals surface area contributed by atoms with Crippen LogP contribution in [0.15, 0.2) is 42.5 Å². The van der Waals surface area contributed by atoms with Crippen molar-refractivity contribution in [3.05, 3.63) is 65.1 Å². The second-order valence-electron chi connectivity index (χ2n) is 9.71. The minimum absolute atomic E-state index is 0.113. The summed E-state index contributed by atoms with van der Waals surface area (Å²) in [6.45, 7) is 4.63. The third kappa shape index (κ3) is 5.20. The Morgan fingerprint density at radius 1 is 1.29 bits per heavy atom. The van der Waals surface area contributed by atoms with E-state index in [-0.39, 0.29) is 17.8 Å². The lowest BCUT2D eigenvalue weighted by atomic mass is 10.0. The highest BCUT2D eigenvalue weighted by Gasteiger charge is 2.29. The zero-order chi connectivity index (χ0) is 24.5. The molecule has 8 heteroatoms. The number of aliphatic hydroxyl groups excluding tert-OH is 1. The van der Waals surface area contributed by atoms with Crippen LogP contribution in [0.3, 0.4) is 0 Å². The summed E-state index contributed by atoms with van der Waals surface area (Å²) in [5, 5.41) is 18.5. The van der Waals surface area contributed by atoms with Crippen molar-refractivity contribution in [1.29, 1.82) is 0 Å². The van der Waals surface area contributed by atoms with Gasteiger partial charge in [-0.15, -0.1) is 0 Å². The Balaban J connectivity index is 1.47. The molecule has 3 atom stereocenters. The van der Waals surface area contributed by atoms with Crippen LogP contribution in [-0.2, 0) is 12.8 Å². The highest BCUT2D eigenvalue weighted by Crippen LogP contribution is 2.37. The van der Waals surface area contributed by atoms with E-state index in [1.54, 1.807) is 18.0 Å². The van der Waals surface area contributed by atoms with Crippen LogP contribution in [0.2, 0.25) is 0 Å². The zero-order valence-corrected chi connectivity index (χ0v) is 21.0. The Bertz CT molecular complexity index is 1230. The van der Waals surface area contributed by atoms with Gasteiger partial charge in [0.05, 0.1) is 23.3 Å². The summed E-state index contributed by atoms with van der Waals surface area (Å²) in [5.74, 6) is 0.274. The second-order valence-corrected chi connectivity index (χ2v) is 10.5. The van der Waals surface area contributed by atoms with Crippen LogP contribution >= 0.6 is 11.9 Å². The maximum Gasteiger partial charge on any atom is 0.268 e. The van der Waals surface area contributed by atoms with E-state index in [2.05, 4.69) is 45.9 Å². The van der Waals surface area contributed by atoms with Gasteiger partial charge in [0.15, 0.2) is 0 Å². The maximum absolute atomic E-state index is 13.8. The fourth-order valence-electron chi connectivity index (χ4n) is 4.90. The van der Waals surface area contributed by atoms with Crippen LogP contribution in [0.5, 0.6) is 0 Å². The number of carbonyl (C=O) groups is 1. The second kappa shape index (κ2) is 10.2. The molecule has 2 aliphatic rings. The lowest BCUT2D eigenvalue weighted by molar-refractivity contribution is 0.0821. The zero-order valence-electron chi connectivity index (χ0n) is 20.2. The van der Waals surface area contributed by atoms with E-state index in [1.165, 1.54) is 17.7 Å². The molecule has 1 amide bonds. The maximum atomic E-state index is 13.8. The Morgan fingerprint density at radius 2 is 2.11 bits per heavy atom. The minimum Gasteiger partial charge on any atom is -0.390 e. The fourth-order valence-corrected chi connectivity index (χ4v) is 5.69. The van der Waals surface area contributed by atoms with E-state index in [9.17, 15) is 14.3 Å². The Morgan fingerprint density at radius 3 is 2.86 bits per heavy atom. The first-order valence-electron chi connectivity index (χ1n) is 12.5. The van der Waals surface area contributed by atoms with Gasteiger partial charge in [-0.1, -0.05) is 37.1 Å². The fraction of sp³-hybridized carbons (Fsp3) is 0.444. The highest BCUT2D eigenvalue weighted by molar-refractivity contribution is 8.00. The monoisotopic (exact) mass is 496 g/mol. The molecule has 1 aliphatic heterocycles. The molecule has 2 aromatic carbocycles. The molecule has 4 N–H and O–H groups in total. The Labute approximate surface area is 209 Å². The highest BCUT2D eigenvalue weighted by atomic mass is 32.2. The molecular formula is C27H33FN4O2S. The first-order valence-corrected chi connectivity index (χ1v) is 13.4. The Hall–Kier alpha value is -2.55. The summed E-state index contributed by atoms with van der Waals surface area (Å²) in [6, 6.07) is 12.5. The van der Waals surface area contributed by atoms with Crippen molar-refractivity contribution in [2.75, 3.05) is 17.0 Å². The largest absolute Gasteiger partial charge is 0.390 e. The molecule has 0 spiro atoms.